The van der Waals surface area contributed by atoms with Gasteiger partial charge in [-0.2, -0.15) is 0 Å². The molecule has 0 aliphatic carbocycles. The van der Waals surface area contributed by atoms with E-state index in [1.807, 2.05) is 19.1 Å². The fourth-order valence-corrected chi connectivity index (χ4v) is 3.68. The highest BCUT2D eigenvalue weighted by Gasteiger charge is 2.39. The van der Waals surface area contributed by atoms with Crippen molar-refractivity contribution in [1.82, 2.24) is 10.2 Å². The Morgan fingerprint density at radius 1 is 1.14 bits per heavy atom. The van der Waals surface area contributed by atoms with Crippen molar-refractivity contribution < 1.29 is 19.2 Å². The molecule has 7 heteroatoms. The van der Waals surface area contributed by atoms with Gasteiger partial charge in [0.2, 0.25) is 11.8 Å². The summed E-state index contributed by atoms with van der Waals surface area (Å²) in [5, 5.41) is 5.15. The number of carbonyl (C=O) groups excluding carboxylic acids is 4. The second-order valence-corrected chi connectivity index (χ2v) is 7.04. The average molecular weight is 377 g/mol. The summed E-state index contributed by atoms with van der Waals surface area (Å²) in [6, 6.07) is 11.8. The van der Waals surface area contributed by atoms with Gasteiger partial charge in [0.25, 0.3) is 11.8 Å². The molecule has 2 aliphatic heterocycles. The van der Waals surface area contributed by atoms with E-state index in [0.717, 1.165) is 11.1 Å². The lowest BCUT2D eigenvalue weighted by Gasteiger charge is -2.29. The zero-order valence-corrected chi connectivity index (χ0v) is 15.3. The van der Waals surface area contributed by atoms with Crippen molar-refractivity contribution in [2.24, 2.45) is 0 Å². The third kappa shape index (κ3) is 3.15. The number of hydrogen-bond acceptors (Lipinski definition) is 4. The molecule has 142 valence electrons. The van der Waals surface area contributed by atoms with Crippen molar-refractivity contribution in [3.63, 3.8) is 0 Å². The van der Waals surface area contributed by atoms with E-state index in [2.05, 4.69) is 10.6 Å². The average Bonchev–Trinajstić information content (AvgIpc) is 2.98. The number of nitrogens with zero attached hydrogens (tertiary/aromatic N) is 1. The van der Waals surface area contributed by atoms with Gasteiger partial charge in [0.15, 0.2) is 0 Å². The van der Waals surface area contributed by atoms with Gasteiger partial charge in [0, 0.05) is 29.8 Å². The van der Waals surface area contributed by atoms with Gasteiger partial charge < -0.3 is 10.2 Å². The van der Waals surface area contributed by atoms with Crippen LogP contribution in [-0.4, -0.2) is 34.6 Å². The Morgan fingerprint density at radius 3 is 2.68 bits per heavy atom. The number of aryl methyl sites for hydroxylation is 1. The SMILES string of the molecule is Cc1ccccc1C(=O)Nc1ccc2c(c1)CN(C1CCC(=O)NC1=O)C2=O. The number of nitrogens with one attached hydrogen (secondary N) is 2. The van der Waals surface area contributed by atoms with Crippen LogP contribution in [0, 0.1) is 6.92 Å². The van der Waals surface area contributed by atoms with E-state index < -0.39 is 11.9 Å². The molecule has 2 heterocycles. The first-order valence-corrected chi connectivity index (χ1v) is 9.08. The van der Waals surface area contributed by atoms with E-state index in [1.165, 1.54) is 4.90 Å². The van der Waals surface area contributed by atoms with Crippen LogP contribution in [0.1, 0.15) is 44.7 Å². The van der Waals surface area contributed by atoms with Crippen LogP contribution in [-0.2, 0) is 16.1 Å². The van der Waals surface area contributed by atoms with Crippen LogP contribution < -0.4 is 10.6 Å². The Labute approximate surface area is 161 Å². The fraction of sp³-hybridized carbons (Fsp3) is 0.238. The van der Waals surface area contributed by atoms with Crippen molar-refractivity contribution in [2.45, 2.75) is 32.4 Å². The van der Waals surface area contributed by atoms with Crippen LogP contribution in [0.25, 0.3) is 0 Å². The minimum absolute atomic E-state index is 0.217. The number of fused-ring (bicyclic) bond motifs is 1. The molecule has 28 heavy (non-hydrogen) atoms. The number of hydrogen-bond donors (Lipinski definition) is 2. The molecule has 2 N–H and O–H groups in total. The van der Waals surface area contributed by atoms with E-state index in [9.17, 15) is 19.2 Å². The van der Waals surface area contributed by atoms with Crippen LogP contribution >= 0.6 is 0 Å². The molecule has 0 spiro atoms. The van der Waals surface area contributed by atoms with Gasteiger partial charge in [-0.05, 0) is 48.7 Å². The molecule has 2 aromatic rings. The van der Waals surface area contributed by atoms with Gasteiger partial charge >= 0.3 is 0 Å². The fourth-order valence-electron chi connectivity index (χ4n) is 3.68. The number of anilines is 1. The molecule has 2 aliphatic rings. The maximum absolute atomic E-state index is 12.7. The molecule has 0 bridgehead atoms. The summed E-state index contributed by atoms with van der Waals surface area (Å²) < 4.78 is 0. The lowest BCUT2D eigenvalue weighted by Crippen LogP contribution is -2.52. The normalized spacial score (nSPS) is 18.7. The van der Waals surface area contributed by atoms with Gasteiger partial charge in [-0.3, -0.25) is 24.5 Å². The molecule has 1 saturated heterocycles. The summed E-state index contributed by atoms with van der Waals surface area (Å²) in [5.41, 5.74) is 3.31. The van der Waals surface area contributed by atoms with E-state index in [1.54, 1.807) is 30.3 Å². The Hall–Kier alpha value is -3.48. The van der Waals surface area contributed by atoms with Gasteiger partial charge in [0.05, 0.1) is 0 Å². The minimum Gasteiger partial charge on any atom is -0.322 e. The summed E-state index contributed by atoms with van der Waals surface area (Å²) in [6.07, 6.45) is 0.537. The second-order valence-electron chi connectivity index (χ2n) is 7.04. The molecular formula is C21H19N3O4. The van der Waals surface area contributed by atoms with Crippen molar-refractivity contribution in [2.75, 3.05) is 5.32 Å². The number of imide groups is 1. The molecule has 0 aromatic heterocycles. The Morgan fingerprint density at radius 2 is 1.93 bits per heavy atom. The van der Waals surface area contributed by atoms with E-state index in [4.69, 9.17) is 0 Å². The van der Waals surface area contributed by atoms with Crippen molar-refractivity contribution in [3.05, 3.63) is 64.7 Å². The van der Waals surface area contributed by atoms with Crippen LogP contribution in [0.4, 0.5) is 5.69 Å². The molecule has 1 fully saturated rings. The summed E-state index contributed by atoms with van der Waals surface area (Å²) in [6.45, 7) is 2.14. The van der Waals surface area contributed by atoms with Crippen LogP contribution in [0.15, 0.2) is 42.5 Å². The molecule has 7 nitrogen and oxygen atoms in total. The Kier molecular flexibility index (Phi) is 4.43. The number of piperidine rings is 1. The summed E-state index contributed by atoms with van der Waals surface area (Å²) in [5.74, 6) is -1.21. The molecular weight excluding hydrogens is 358 g/mol. The highest BCUT2D eigenvalue weighted by atomic mass is 16.2. The molecule has 4 rings (SSSR count). The molecule has 2 aromatic carbocycles. The van der Waals surface area contributed by atoms with Crippen LogP contribution in [0.5, 0.6) is 0 Å². The monoisotopic (exact) mass is 377 g/mol. The first-order valence-electron chi connectivity index (χ1n) is 9.08. The maximum atomic E-state index is 12.7. The van der Waals surface area contributed by atoms with Crippen molar-refractivity contribution in [3.8, 4) is 0 Å². The highest BCUT2D eigenvalue weighted by molar-refractivity contribution is 6.07. The van der Waals surface area contributed by atoms with Gasteiger partial charge in [-0.25, -0.2) is 0 Å². The predicted molar refractivity (Wildman–Crippen MR) is 102 cm³/mol. The summed E-state index contributed by atoms with van der Waals surface area (Å²) in [7, 11) is 0. The third-order valence-corrected chi connectivity index (χ3v) is 5.17. The maximum Gasteiger partial charge on any atom is 0.255 e. The minimum atomic E-state index is -0.650. The van der Waals surface area contributed by atoms with E-state index >= 15 is 0 Å². The van der Waals surface area contributed by atoms with Crippen LogP contribution in [0.3, 0.4) is 0 Å². The lowest BCUT2D eigenvalue weighted by atomic mass is 10.0. The summed E-state index contributed by atoms with van der Waals surface area (Å²) in [4.78, 5) is 50.1. The molecule has 4 amide bonds. The zero-order valence-electron chi connectivity index (χ0n) is 15.3. The third-order valence-electron chi connectivity index (χ3n) is 5.17. The zero-order chi connectivity index (χ0) is 19.8. The van der Waals surface area contributed by atoms with Crippen molar-refractivity contribution in [1.29, 1.82) is 0 Å². The highest BCUT2D eigenvalue weighted by Crippen LogP contribution is 2.29. The van der Waals surface area contributed by atoms with Gasteiger partial charge in [-0.1, -0.05) is 18.2 Å². The van der Waals surface area contributed by atoms with Gasteiger partial charge in [-0.15, -0.1) is 0 Å². The summed E-state index contributed by atoms with van der Waals surface area (Å²) >= 11 is 0. The quantitative estimate of drug-likeness (QED) is 0.800. The van der Waals surface area contributed by atoms with Crippen LogP contribution in [0.2, 0.25) is 0 Å². The molecule has 1 atom stereocenters. The van der Waals surface area contributed by atoms with Gasteiger partial charge in [0.1, 0.15) is 6.04 Å². The number of amides is 4. The Balaban J connectivity index is 1.53. The molecule has 0 radical (unpaired) electrons. The smallest absolute Gasteiger partial charge is 0.255 e. The number of benzene rings is 2. The predicted octanol–water partition coefficient (Wildman–Crippen LogP) is 2.01. The first kappa shape index (κ1) is 17.9. The largest absolute Gasteiger partial charge is 0.322 e. The van der Waals surface area contributed by atoms with E-state index in [0.29, 0.717) is 23.2 Å². The lowest BCUT2D eigenvalue weighted by molar-refractivity contribution is -0.136. The van der Waals surface area contributed by atoms with Crippen molar-refractivity contribution >= 4 is 29.3 Å². The van der Waals surface area contributed by atoms with E-state index in [-0.39, 0.29) is 30.7 Å². The number of carbonyl (C=O) groups is 4. The topological polar surface area (TPSA) is 95.6 Å². The first-order chi connectivity index (χ1) is 13.4. The molecule has 1 unspecified atom stereocenters. The standard InChI is InChI=1S/C21H19N3O4/c1-12-4-2-3-5-15(12)19(26)22-14-6-7-16-13(10-14)11-24(21(16)28)17-8-9-18(25)23-20(17)27/h2-7,10,17H,8-9,11H2,1H3,(H,22,26)(H,23,25,27). The number of rotatable bonds is 3. The molecule has 0 saturated carbocycles. The second kappa shape index (κ2) is 6.92. The Bertz CT molecular complexity index is 1010.